The van der Waals surface area contributed by atoms with E-state index in [1.54, 1.807) is 11.1 Å². The van der Waals surface area contributed by atoms with Crippen LogP contribution >= 0.6 is 0 Å². The Morgan fingerprint density at radius 3 is 3.00 bits per heavy atom. The summed E-state index contributed by atoms with van der Waals surface area (Å²) in [5.74, 6) is -1.15. The van der Waals surface area contributed by atoms with Gasteiger partial charge in [0.25, 0.3) is 5.91 Å². The molecule has 1 aliphatic heterocycles. The second kappa shape index (κ2) is 5.79. The maximum Gasteiger partial charge on any atom is 0.305 e. The van der Waals surface area contributed by atoms with Gasteiger partial charge in [-0.15, -0.1) is 5.10 Å². The quantitative estimate of drug-likeness (QED) is 0.730. The van der Waals surface area contributed by atoms with E-state index in [1.165, 1.54) is 4.68 Å². The Balaban J connectivity index is 2.06. The molecule has 0 aliphatic carbocycles. The third-order valence-electron chi connectivity index (χ3n) is 3.16. The van der Waals surface area contributed by atoms with E-state index in [-0.39, 0.29) is 24.1 Å². The van der Waals surface area contributed by atoms with Crippen molar-refractivity contribution in [3.8, 4) is 0 Å². The molecule has 0 saturated carbocycles. The molecule has 1 unspecified atom stereocenters. The fourth-order valence-corrected chi connectivity index (χ4v) is 2.30. The molecule has 1 saturated heterocycles. The molecule has 8 heteroatoms. The topological polar surface area (TPSA) is 114 Å². The van der Waals surface area contributed by atoms with Crippen molar-refractivity contribution in [3.05, 3.63) is 11.9 Å². The summed E-state index contributed by atoms with van der Waals surface area (Å²) in [7, 11) is 0. The van der Waals surface area contributed by atoms with Crippen LogP contribution in [0.3, 0.4) is 0 Å². The molecule has 8 nitrogen and oxygen atoms in total. The van der Waals surface area contributed by atoms with Gasteiger partial charge in [0, 0.05) is 19.1 Å². The number of carboxylic acid groups (broad SMARTS) is 1. The summed E-state index contributed by atoms with van der Waals surface area (Å²) in [6.07, 6.45) is 3.06. The van der Waals surface area contributed by atoms with Gasteiger partial charge in [-0.25, -0.2) is 0 Å². The van der Waals surface area contributed by atoms with Crippen LogP contribution in [0.5, 0.6) is 0 Å². The molecule has 0 aromatic carbocycles. The number of carbonyl (C=O) groups is 2. The van der Waals surface area contributed by atoms with Gasteiger partial charge in [0.1, 0.15) is 0 Å². The van der Waals surface area contributed by atoms with Crippen LogP contribution in [-0.2, 0) is 11.3 Å². The van der Waals surface area contributed by atoms with Crippen molar-refractivity contribution in [2.24, 2.45) is 5.73 Å². The van der Waals surface area contributed by atoms with Gasteiger partial charge in [-0.05, 0) is 12.8 Å². The highest BCUT2D eigenvalue weighted by atomic mass is 16.4. The average molecular weight is 267 g/mol. The van der Waals surface area contributed by atoms with Crippen molar-refractivity contribution in [2.45, 2.75) is 31.8 Å². The van der Waals surface area contributed by atoms with Crippen LogP contribution in [0.25, 0.3) is 0 Å². The Bertz CT molecular complexity index is 473. The first kappa shape index (κ1) is 13.5. The molecule has 19 heavy (non-hydrogen) atoms. The van der Waals surface area contributed by atoms with Crippen LogP contribution in [0.1, 0.15) is 29.8 Å². The highest BCUT2D eigenvalue weighted by molar-refractivity contribution is 5.92. The summed E-state index contributed by atoms with van der Waals surface area (Å²) in [4.78, 5) is 24.6. The predicted octanol–water partition coefficient (Wildman–Crippen LogP) is -0.684. The van der Waals surface area contributed by atoms with Gasteiger partial charge in [-0.1, -0.05) is 5.21 Å². The van der Waals surface area contributed by atoms with E-state index in [0.717, 1.165) is 12.8 Å². The predicted molar refractivity (Wildman–Crippen MR) is 65.4 cm³/mol. The first-order valence-corrected chi connectivity index (χ1v) is 6.24. The van der Waals surface area contributed by atoms with E-state index in [9.17, 15) is 9.59 Å². The normalized spacial score (nSPS) is 18.8. The minimum absolute atomic E-state index is 0.0251. The zero-order chi connectivity index (χ0) is 13.8. The molecule has 0 bridgehead atoms. The number of carboxylic acids is 1. The smallest absolute Gasteiger partial charge is 0.305 e. The molecular weight excluding hydrogens is 250 g/mol. The van der Waals surface area contributed by atoms with E-state index in [1.807, 2.05) is 0 Å². The molecular formula is C11H17N5O3. The van der Waals surface area contributed by atoms with E-state index in [0.29, 0.717) is 19.6 Å². The second-order valence-corrected chi connectivity index (χ2v) is 4.55. The van der Waals surface area contributed by atoms with Gasteiger partial charge >= 0.3 is 5.97 Å². The summed E-state index contributed by atoms with van der Waals surface area (Å²) in [5.41, 5.74) is 5.64. The Hall–Kier alpha value is -1.96. The van der Waals surface area contributed by atoms with Crippen LogP contribution in [0, 0.1) is 0 Å². The van der Waals surface area contributed by atoms with Crippen LogP contribution in [0.2, 0.25) is 0 Å². The molecule has 2 rings (SSSR count). The number of nitrogens with two attached hydrogens (primary N) is 1. The lowest BCUT2D eigenvalue weighted by Gasteiger charge is -2.22. The van der Waals surface area contributed by atoms with Crippen LogP contribution in [0.4, 0.5) is 0 Å². The number of aliphatic carboxylic acids is 1. The highest BCUT2D eigenvalue weighted by Gasteiger charge is 2.32. The van der Waals surface area contributed by atoms with E-state index >= 15 is 0 Å². The SMILES string of the molecule is NCCn1cc(C(=O)N2CCCC2CC(=O)O)nn1. The van der Waals surface area contributed by atoms with Gasteiger partial charge in [0.2, 0.25) is 0 Å². The Kier molecular flexibility index (Phi) is 4.10. The summed E-state index contributed by atoms with van der Waals surface area (Å²) < 4.78 is 1.51. The van der Waals surface area contributed by atoms with Crippen LogP contribution in [-0.4, -0.2) is 56.0 Å². The Labute approximate surface area is 110 Å². The van der Waals surface area contributed by atoms with Gasteiger partial charge in [0.15, 0.2) is 5.69 Å². The molecule has 104 valence electrons. The summed E-state index contributed by atoms with van der Waals surface area (Å²) in [6.45, 7) is 1.49. The van der Waals surface area contributed by atoms with E-state index in [2.05, 4.69) is 10.3 Å². The molecule has 2 heterocycles. The summed E-state index contributed by atoms with van der Waals surface area (Å²) in [6, 6.07) is -0.246. The number of amides is 1. The largest absolute Gasteiger partial charge is 0.481 e. The van der Waals surface area contributed by atoms with Crippen LogP contribution in [0.15, 0.2) is 6.20 Å². The standard InChI is InChI=1S/C11H17N5O3/c12-3-5-15-7-9(13-14-15)11(19)16-4-1-2-8(16)6-10(17)18/h7-8H,1-6,12H2,(H,17,18). The van der Waals surface area contributed by atoms with Gasteiger partial charge in [-0.3, -0.25) is 14.3 Å². The van der Waals surface area contributed by atoms with Gasteiger partial charge in [0.05, 0.1) is 19.2 Å². The lowest BCUT2D eigenvalue weighted by Crippen LogP contribution is -2.37. The monoisotopic (exact) mass is 267 g/mol. The molecule has 0 spiro atoms. The number of hydrogen-bond acceptors (Lipinski definition) is 5. The molecule has 1 amide bonds. The van der Waals surface area contributed by atoms with Crippen molar-refractivity contribution in [1.82, 2.24) is 19.9 Å². The third-order valence-corrected chi connectivity index (χ3v) is 3.16. The first-order chi connectivity index (χ1) is 9.11. The number of hydrogen-bond donors (Lipinski definition) is 2. The van der Waals surface area contributed by atoms with Crippen molar-refractivity contribution < 1.29 is 14.7 Å². The van der Waals surface area contributed by atoms with E-state index < -0.39 is 5.97 Å². The zero-order valence-corrected chi connectivity index (χ0v) is 10.5. The number of carbonyl (C=O) groups excluding carboxylic acids is 1. The Morgan fingerprint density at radius 2 is 2.32 bits per heavy atom. The summed E-state index contributed by atoms with van der Waals surface area (Å²) >= 11 is 0. The minimum Gasteiger partial charge on any atom is -0.481 e. The molecule has 1 aliphatic rings. The number of rotatable bonds is 5. The molecule has 1 aromatic rings. The fourth-order valence-electron chi connectivity index (χ4n) is 2.30. The summed E-state index contributed by atoms with van der Waals surface area (Å²) in [5, 5.41) is 16.5. The van der Waals surface area contributed by atoms with Gasteiger partial charge < -0.3 is 15.7 Å². The first-order valence-electron chi connectivity index (χ1n) is 6.24. The maximum atomic E-state index is 12.2. The Morgan fingerprint density at radius 1 is 1.53 bits per heavy atom. The van der Waals surface area contributed by atoms with E-state index in [4.69, 9.17) is 10.8 Å². The van der Waals surface area contributed by atoms with Crippen molar-refractivity contribution in [1.29, 1.82) is 0 Å². The number of nitrogens with zero attached hydrogens (tertiary/aromatic N) is 4. The second-order valence-electron chi connectivity index (χ2n) is 4.55. The van der Waals surface area contributed by atoms with Crippen molar-refractivity contribution in [3.63, 3.8) is 0 Å². The number of likely N-dealkylation sites (tertiary alicyclic amines) is 1. The fraction of sp³-hybridized carbons (Fsp3) is 0.636. The van der Waals surface area contributed by atoms with Gasteiger partial charge in [-0.2, -0.15) is 0 Å². The molecule has 0 radical (unpaired) electrons. The minimum atomic E-state index is -0.892. The lowest BCUT2D eigenvalue weighted by molar-refractivity contribution is -0.137. The van der Waals surface area contributed by atoms with Crippen molar-refractivity contribution in [2.75, 3.05) is 13.1 Å². The molecule has 1 aromatic heterocycles. The number of aromatic nitrogens is 3. The lowest BCUT2D eigenvalue weighted by atomic mass is 10.1. The van der Waals surface area contributed by atoms with Crippen LogP contribution < -0.4 is 5.73 Å². The highest BCUT2D eigenvalue weighted by Crippen LogP contribution is 2.21. The maximum absolute atomic E-state index is 12.2. The third kappa shape index (κ3) is 3.08. The molecule has 1 fully saturated rings. The average Bonchev–Trinajstić information content (AvgIpc) is 2.97. The molecule has 3 N–H and O–H groups in total. The van der Waals surface area contributed by atoms with Crippen molar-refractivity contribution >= 4 is 11.9 Å². The molecule has 1 atom stereocenters. The zero-order valence-electron chi connectivity index (χ0n) is 10.5.